The summed E-state index contributed by atoms with van der Waals surface area (Å²) in [6.07, 6.45) is 2.42. The topological polar surface area (TPSA) is 37.3 Å². The Bertz CT molecular complexity index is 358. The van der Waals surface area contributed by atoms with Crippen molar-refractivity contribution in [2.45, 2.75) is 40.0 Å². The molecule has 1 aromatic carbocycles. The molecule has 0 saturated carbocycles. The molecule has 2 nitrogen and oxygen atoms in total. The van der Waals surface area contributed by atoms with Gasteiger partial charge in [0.05, 0.1) is 5.41 Å². The third-order valence-corrected chi connectivity index (χ3v) is 3.96. The molecular weight excluding hydrogens is 212 g/mol. The SMILES string of the molecule is CCC(C)C(C)(CCc1ccccc1)C(=O)O. The monoisotopic (exact) mass is 234 g/mol. The van der Waals surface area contributed by atoms with Crippen molar-refractivity contribution in [2.24, 2.45) is 11.3 Å². The van der Waals surface area contributed by atoms with Crippen molar-refractivity contribution >= 4 is 5.97 Å². The molecule has 0 amide bonds. The van der Waals surface area contributed by atoms with Crippen LogP contribution >= 0.6 is 0 Å². The molecule has 1 aromatic rings. The van der Waals surface area contributed by atoms with Gasteiger partial charge in [-0.1, -0.05) is 50.6 Å². The highest BCUT2D eigenvalue weighted by Gasteiger charge is 2.37. The largest absolute Gasteiger partial charge is 0.481 e. The number of carbonyl (C=O) groups is 1. The number of aliphatic carboxylic acids is 1. The summed E-state index contributed by atoms with van der Waals surface area (Å²) in [6, 6.07) is 10.1. The summed E-state index contributed by atoms with van der Waals surface area (Å²) in [4.78, 5) is 11.4. The average molecular weight is 234 g/mol. The first-order chi connectivity index (χ1) is 8.00. The smallest absolute Gasteiger partial charge is 0.309 e. The van der Waals surface area contributed by atoms with Gasteiger partial charge in [0.1, 0.15) is 0 Å². The summed E-state index contributed by atoms with van der Waals surface area (Å²) in [6.45, 7) is 5.94. The number of rotatable bonds is 6. The van der Waals surface area contributed by atoms with E-state index in [0.717, 1.165) is 12.8 Å². The van der Waals surface area contributed by atoms with Crippen molar-refractivity contribution in [1.82, 2.24) is 0 Å². The maximum atomic E-state index is 11.4. The molecule has 0 aliphatic rings. The van der Waals surface area contributed by atoms with Crippen LogP contribution in [-0.2, 0) is 11.2 Å². The van der Waals surface area contributed by atoms with Gasteiger partial charge in [0.2, 0.25) is 0 Å². The van der Waals surface area contributed by atoms with Crippen LogP contribution in [0.15, 0.2) is 30.3 Å². The van der Waals surface area contributed by atoms with Crippen molar-refractivity contribution in [1.29, 1.82) is 0 Å². The van der Waals surface area contributed by atoms with Crippen molar-refractivity contribution in [3.05, 3.63) is 35.9 Å². The molecule has 2 heteroatoms. The molecule has 0 bridgehead atoms. The fourth-order valence-electron chi connectivity index (χ4n) is 2.06. The second kappa shape index (κ2) is 5.85. The normalized spacial score (nSPS) is 16.2. The molecule has 0 heterocycles. The minimum atomic E-state index is -0.678. The van der Waals surface area contributed by atoms with E-state index in [-0.39, 0.29) is 5.92 Å². The van der Waals surface area contributed by atoms with Gasteiger partial charge >= 0.3 is 5.97 Å². The Balaban J connectivity index is 2.72. The second-order valence-corrected chi connectivity index (χ2v) is 5.02. The zero-order chi connectivity index (χ0) is 12.9. The first kappa shape index (κ1) is 13.8. The summed E-state index contributed by atoms with van der Waals surface area (Å²) < 4.78 is 0. The highest BCUT2D eigenvalue weighted by Crippen LogP contribution is 2.34. The highest BCUT2D eigenvalue weighted by molar-refractivity contribution is 5.74. The van der Waals surface area contributed by atoms with Crippen LogP contribution in [-0.4, -0.2) is 11.1 Å². The molecule has 0 aromatic heterocycles. The van der Waals surface area contributed by atoms with Gasteiger partial charge in [-0.2, -0.15) is 0 Å². The fraction of sp³-hybridized carbons (Fsp3) is 0.533. The van der Waals surface area contributed by atoms with Gasteiger partial charge in [0.15, 0.2) is 0 Å². The van der Waals surface area contributed by atoms with Gasteiger partial charge in [-0.25, -0.2) is 0 Å². The van der Waals surface area contributed by atoms with Crippen molar-refractivity contribution in [3.63, 3.8) is 0 Å². The molecule has 0 spiro atoms. The molecular formula is C15H22O2. The number of carboxylic acids is 1. The lowest BCUT2D eigenvalue weighted by Gasteiger charge is -2.31. The van der Waals surface area contributed by atoms with Crippen LogP contribution in [0.5, 0.6) is 0 Å². The number of hydrogen-bond donors (Lipinski definition) is 1. The van der Waals surface area contributed by atoms with Crippen LogP contribution < -0.4 is 0 Å². The number of aryl methyl sites for hydroxylation is 1. The lowest BCUT2D eigenvalue weighted by molar-refractivity contribution is -0.151. The quantitative estimate of drug-likeness (QED) is 0.813. The van der Waals surface area contributed by atoms with Gasteiger partial charge in [-0.3, -0.25) is 4.79 Å². The van der Waals surface area contributed by atoms with Crippen LogP contribution in [0.2, 0.25) is 0 Å². The van der Waals surface area contributed by atoms with E-state index in [1.54, 1.807) is 0 Å². The van der Waals surface area contributed by atoms with Crippen LogP contribution in [0.25, 0.3) is 0 Å². The van der Waals surface area contributed by atoms with Gasteiger partial charge in [-0.05, 0) is 31.2 Å². The maximum absolute atomic E-state index is 11.4. The van der Waals surface area contributed by atoms with E-state index in [1.807, 2.05) is 39.0 Å². The van der Waals surface area contributed by atoms with Gasteiger partial charge < -0.3 is 5.11 Å². The molecule has 0 aliphatic carbocycles. The van der Waals surface area contributed by atoms with E-state index < -0.39 is 11.4 Å². The van der Waals surface area contributed by atoms with Crippen LogP contribution in [0.1, 0.15) is 39.2 Å². The van der Waals surface area contributed by atoms with E-state index >= 15 is 0 Å². The first-order valence-electron chi connectivity index (χ1n) is 6.28. The van der Waals surface area contributed by atoms with Gasteiger partial charge in [0.25, 0.3) is 0 Å². The van der Waals surface area contributed by atoms with Crippen molar-refractivity contribution < 1.29 is 9.90 Å². The van der Waals surface area contributed by atoms with Crippen LogP contribution in [0.3, 0.4) is 0 Å². The average Bonchev–Trinajstić information content (AvgIpc) is 2.35. The lowest BCUT2D eigenvalue weighted by atomic mass is 9.73. The highest BCUT2D eigenvalue weighted by atomic mass is 16.4. The molecule has 2 atom stereocenters. The fourth-order valence-corrected chi connectivity index (χ4v) is 2.06. The Morgan fingerprint density at radius 1 is 1.35 bits per heavy atom. The zero-order valence-electron chi connectivity index (χ0n) is 10.9. The van der Waals surface area contributed by atoms with E-state index in [0.29, 0.717) is 6.42 Å². The first-order valence-corrected chi connectivity index (χ1v) is 6.28. The van der Waals surface area contributed by atoms with Gasteiger partial charge in [-0.15, -0.1) is 0 Å². The molecule has 0 aliphatic heterocycles. The summed E-state index contributed by atoms with van der Waals surface area (Å²) in [5.74, 6) is -0.480. The minimum absolute atomic E-state index is 0.198. The molecule has 0 radical (unpaired) electrons. The third-order valence-electron chi connectivity index (χ3n) is 3.96. The van der Waals surface area contributed by atoms with E-state index in [2.05, 4.69) is 12.1 Å². The number of benzene rings is 1. The van der Waals surface area contributed by atoms with Crippen molar-refractivity contribution in [3.8, 4) is 0 Å². The van der Waals surface area contributed by atoms with Crippen molar-refractivity contribution in [2.75, 3.05) is 0 Å². The predicted molar refractivity (Wildman–Crippen MR) is 70.0 cm³/mol. The Hall–Kier alpha value is -1.31. The maximum Gasteiger partial charge on any atom is 0.309 e. The summed E-state index contributed by atoms with van der Waals surface area (Å²) in [5, 5.41) is 9.41. The molecule has 0 fully saturated rings. The zero-order valence-corrected chi connectivity index (χ0v) is 10.9. The van der Waals surface area contributed by atoms with E-state index in [1.165, 1.54) is 5.56 Å². The summed E-state index contributed by atoms with van der Waals surface area (Å²) in [5.41, 5.74) is 0.591. The predicted octanol–water partition coefficient (Wildman–Crippen LogP) is 3.76. The number of hydrogen-bond acceptors (Lipinski definition) is 1. The van der Waals surface area contributed by atoms with Crippen LogP contribution in [0.4, 0.5) is 0 Å². The molecule has 94 valence electrons. The Labute approximate surface area is 104 Å². The molecule has 0 saturated heterocycles. The Morgan fingerprint density at radius 3 is 2.41 bits per heavy atom. The van der Waals surface area contributed by atoms with E-state index in [9.17, 15) is 9.90 Å². The third kappa shape index (κ3) is 3.32. The Morgan fingerprint density at radius 2 is 1.94 bits per heavy atom. The lowest BCUT2D eigenvalue weighted by Crippen LogP contribution is -2.34. The van der Waals surface area contributed by atoms with Gasteiger partial charge in [0, 0.05) is 0 Å². The number of carboxylic acid groups (broad SMARTS) is 1. The minimum Gasteiger partial charge on any atom is -0.481 e. The molecule has 2 unspecified atom stereocenters. The summed E-state index contributed by atoms with van der Waals surface area (Å²) >= 11 is 0. The van der Waals surface area contributed by atoms with Crippen LogP contribution in [0, 0.1) is 11.3 Å². The standard InChI is InChI=1S/C15H22O2/c1-4-12(2)15(3,14(16)17)11-10-13-8-6-5-7-9-13/h5-9,12H,4,10-11H2,1-3H3,(H,16,17). The second-order valence-electron chi connectivity index (χ2n) is 5.02. The Kier molecular flexibility index (Phi) is 4.73. The molecule has 1 N–H and O–H groups in total. The molecule has 1 rings (SSSR count). The molecule has 17 heavy (non-hydrogen) atoms. The summed E-state index contributed by atoms with van der Waals surface area (Å²) in [7, 11) is 0. The van der Waals surface area contributed by atoms with E-state index in [4.69, 9.17) is 0 Å².